The van der Waals surface area contributed by atoms with Gasteiger partial charge in [-0.3, -0.25) is 9.59 Å². The van der Waals surface area contributed by atoms with E-state index in [-0.39, 0.29) is 24.2 Å². The van der Waals surface area contributed by atoms with Crippen LogP contribution in [0.4, 0.5) is 5.69 Å². The first kappa shape index (κ1) is 22.5. The molecule has 0 fully saturated rings. The van der Waals surface area contributed by atoms with E-state index in [2.05, 4.69) is 15.6 Å². The summed E-state index contributed by atoms with van der Waals surface area (Å²) in [5.74, 6) is 0.659. The summed E-state index contributed by atoms with van der Waals surface area (Å²) < 4.78 is 5.46. The summed E-state index contributed by atoms with van der Waals surface area (Å²) in [5.41, 5.74) is 3.46. The number of ether oxygens (including phenoxy) is 1. The van der Waals surface area contributed by atoms with Crippen LogP contribution in [0.15, 0.2) is 53.9 Å². The molecule has 162 valence electrons. The average molecular weight is 438 g/mol. The van der Waals surface area contributed by atoms with E-state index in [1.807, 2.05) is 74.7 Å². The number of carbonyl (C=O) groups is 2. The number of anilines is 1. The zero-order valence-electron chi connectivity index (χ0n) is 18.0. The third kappa shape index (κ3) is 6.65. The van der Waals surface area contributed by atoms with Gasteiger partial charge in [0.1, 0.15) is 10.8 Å². The van der Waals surface area contributed by atoms with E-state index in [1.165, 1.54) is 11.3 Å². The normalized spacial score (nSPS) is 10.7. The van der Waals surface area contributed by atoms with E-state index in [1.54, 1.807) is 0 Å². The van der Waals surface area contributed by atoms with Crippen LogP contribution in [0, 0.1) is 5.92 Å². The fraction of sp³-hybridized carbons (Fsp3) is 0.292. The molecule has 0 saturated carbocycles. The summed E-state index contributed by atoms with van der Waals surface area (Å²) in [5, 5.41) is 8.56. The molecule has 1 heterocycles. The van der Waals surface area contributed by atoms with E-state index in [4.69, 9.17) is 4.74 Å². The fourth-order valence-electron chi connectivity index (χ4n) is 2.80. The van der Waals surface area contributed by atoms with Crippen LogP contribution >= 0.6 is 11.3 Å². The van der Waals surface area contributed by atoms with Gasteiger partial charge in [0.15, 0.2) is 0 Å². The number of nitrogens with one attached hydrogen (secondary N) is 2. The number of benzene rings is 2. The Bertz CT molecular complexity index is 1010. The monoisotopic (exact) mass is 437 g/mol. The molecule has 7 heteroatoms. The Kier molecular flexibility index (Phi) is 7.78. The second-order valence-electron chi connectivity index (χ2n) is 7.40. The maximum Gasteiger partial charge on any atom is 0.226 e. The standard InChI is InChI=1S/C24H27N3O3S/c1-4-30-21-11-7-18(8-12-21)24-27-20(15-31-24)13-22(28)25-14-17-5-9-19(10-6-17)26-23(29)16(2)3/h5-12,15-16H,4,13-14H2,1-3H3,(H,25,28)(H,26,29). The Morgan fingerprint density at radius 2 is 1.77 bits per heavy atom. The number of amides is 2. The molecule has 3 rings (SSSR count). The number of nitrogens with zero attached hydrogens (tertiary/aromatic N) is 1. The molecule has 0 aliphatic carbocycles. The van der Waals surface area contributed by atoms with Gasteiger partial charge >= 0.3 is 0 Å². The van der Waals surface area contributed by atoms with Gasteiger partial charge in [-0.15, -0.1) is 11.3 Å². The average Bonchev–Trinajstić information content (AvgIpc) is 3.22. The molecule has 0 spiro atoms. The molecule has 0 aliphatic rings. The molecule has 0 bridgehead atoms. The predicted octanol–water partition coefficient (Wildman–Crippen LogP) is 4.66. The van der Waals surface area contributed by atoms with Crippen LogP contribution in [-0.2, 0) is 22.6 Å². The Hall–Kier alpha value is -3.19. The van der Waals surface area contributed by atoms with Crippen molar-refractivity contribution in [3.63, 3.8) is 0 Å². The van der Waals surface area contributed by atoms with Crippen molar-refractivity contribution in [2.75, 3.05) is 11.9 Å². The van der Waals surface area contributed by atoms with Gasteiger partial charge in [0.05, 0.1) is 18.7 Å². The van der Waals surface area contributed by atoms with Crippen molar-refractivity contribution >= 4 is 28.8 Å². The van der Waals surface area contributed by atoms with Crippen molar-refractivity contribution in [3.8, 4) is 16.3 Å². The molecule has 2 aromatic carbocycles. The number of thiazole rings is 1. The molecule has 2 N–H and O–H groups in total. The molecule has 31 heavy (non-hydrogen) atoms. The van der Waals surface area contributed by atoms with E-state index >= 15 is 0 Å². The SMILES string of the molecule is CCOc1ccc(-c2nc(CC(=O)NCc3ccc(NC(=O)C(C)C)cc3)cs2)cc1. The van der Waals surface area contributed by atoms with Gasteiger partial charge in [-0.2, -0.15) is 0 Å². The highest BCUT2D eigenvalue weighted by Crippen LogP contribution is 2.26. The topological polar surface area (TPSA) is 80.3 Å². The van der Waals surface area contributed by atoms with E-state index in [0.29, 0.717) is 13.2 Å². The maximum atomic E-state index is 12.3. The molecule has 3 aromatic rings. The summed E-state index contributed by atoms with van der Waals surface area (Å²) in [7, 11) is 0. The van der Waals surface area contributed by atoms with Gasteiger partial charge in [-0.25, -0.2) is 4.98 Å². The first-order valence-corrected chi connectivity index (χ1v) is 11.2. The zero-order chi connectivity index (χ0) is 22.2. The Morgan fingerprint density at radius 1 is 1.06 bits per heavy atom. The van der Waals surface area contributed by atoms with Gasteiger partial charge < -0.3 is 15.4 Å². The van der Waals surface area contributed by atoms with Gasteiger partial charge in [-0.1, -0.05) is 26.0 Å². The van der Waals surface area contributed by atoms with Crippen molar-refractivity contribution in [1.29, 1.82) is 0 Å². The number of carbonyl (C=O) groups excluding carboxylic acids is 2. The second-order valence-corrected chi connectivity index (χ2v) is 8.25. The van der Waals surface area contributed by atoms with Crippen molar-refractivity contribution in [3.05, 3.63) is 65.2 Å². The molecular formula is C24H27N3O3S. The first-order chi connectivity index (χ1) is 14.9. The Labute approximate surface area is 186 Å². The zero-order valence-corrected chi connectivity index (χ0v) is 18.8. The Balaban J connectivity index is 1.49. The second kappa shape index (κ2) is 10.7. The lowest BCUT2D eigenvalue weighted by Crippen LogP contribution is -2.24. The van der Waals surface area contributed by atoms with Crippen LogP contribution in [0.5, 0.6) is 5.75 Å². The summed E-state index contributed by atoms with van der Waals surface area (Å²) >= 11 is 1.52. The predicted molar refractivity (Wildman–Crippen MR) is 124 cm³/mol. The summed E-state index contributed by atoms with van der Waals surface area (Å²) in [6.07, 6.45) is 0.232. The van der Waals surface area contributed by atoms with Crippen LogP contribution in [-0.4, -0.2) is 23.4 Å². The fourth-order valence-corrected chi connectivity index (χ4v) is 3.63. The summed E-state index contributed by atoms with van der Waals surface area (Å²) in [6.45, 7) is 6.71. The minimum absolute atomic E-state index is 0.0195. The minimum Gasteiger partial charge on any atom is -0.494 e. The van der Waals surface area contributed by atoms with Gasteiger partial charge in [0, 0.05) is 29.1 Å². The molecule has 0 radical (unpaired) electrons. The lowest BCUT2D eigenvalue weighted by Gasteiger charge is -2.09. The van der Waals surface area contributed by atoms with Crippen LogP contribution < -0.4 is 15.4 Å². The van der Waals surface area contributed by atoms with Crippen molar-refractivity contribution in [2.45, 2.75) is 33.7 Å². The van der Waals surface area contributed by atoms with Gasteiger partial charge in [-0.05, 0) is 48.9 Å². The highest BCUT2D eigenvalue weighted by molar-refractivity contribution is 7.13. The van der Waals surface area contributed by atoms with Gasteiger partial charge in [0.2, 0.25) is 11.8 Å². The van der Waals surface area contributed by atoms with Crippen molar-refractivity contribution in [1.82, 2.24) is 10.3 Å². The highest BCUT2D eigenvalue weighted by atomic mass is 32.1. The minimum atomic E-state index is -0.0827. The quantitative estimate of drug-likeness (QED) is 0.510. The molecule has 6 nitrogen and oxygen atoms in total. The molecule has 0 unspecified atom stereocenters. The largest absolute Gasteiger partial charge is 0.494 e. The lowest BCUT2D eigenvalue weighted by atomic mass is 10.1. The number of aromatic nitrogens is 1. The van der Waals surface area contributed by atoms with Crippen molar-refractivity contribution < 1.29 is 14.3 Å². The molecule has 2 amide bonds. The van der Waals surface area contributed by atoms with E-state index < -0.39 is 0 Å². The van der Waals surface area contributed by atoms with Crippen molar-refractivity contribution in [2.24, 2.45) is 5.92 Å². The lowest BCUT2D eigenvalue weighted by molar-refractivity contribution is -0.120. The molecule has 0 saturated heterocycles. The molecule has 0 aliphatic heterocycles. The van der Waals surface area contributed by atoms with Crippen LogP contribution in [0.3, 0.4) is 0 Å². The third-order valence-corrected chi connectivity index (χ3v) is 5.48. The van der Waals surface area contributed by atoms with E-state index in [9.17, 15) is 9.59 Å². The third-order valence-electron chi connectivity index (χ3n) is 4.54. The van der Waals surface area contributed by atoms with Crippen LogP contribution in [0.1, 0.15) is 32.0 Å². The number of rotatable bonds is 9. The summed E-state index contributed by atoms with van der Waals surface area (Å²) in [4.78, 5) is 28.6. The maximum absolute atomic E-state index is 12.3. The number of hydrogen-bond donors (Lipinski definition) is 2. The van der Waals surface area contributed by atoms with Crippen LogP contribution in [0.2, 0.25) is 0 Å². The smallest absolute Gasteiger partial charge is 0.226 e. The number of hydrogen-bond acceptors (Lipinski definition) is 5. The Morgan fingerprint density at radius 3 is 2.42 bits per heavy atom. The van der Waals surface area contributed by atoms with E-state index in [0.717, 1.165) is 33.3 Å². The molecule has 0 atom stereocenters. The highest BCUT2D eigenvalue weighted by Gasteiger charge is 2.10. The first-order valence-electron chi connectivity index (χ1n) is 10.3. The van der Waals surface area contributed by atoms with Gasteiger partial charge in [0.25, 0.3) is 0 Å². The molecule has 1 aromatic heterocycles. The molecular weight excluding hydrogens is 410 g/mol. The summed E-state index contributed by atoms with van der Waals surface area (Å²) in [6, 6.07) is 15.3. The van der Waals surface area contributed by atoms with Crippen LogP contribution in [0.25, 0.3) is 10.6 Å².